The van der Waals surface area contributed by atoms with E-state index in [1.54, 1.807) is 0 Å². The van der Waals surface area contributed by atoms with E-state index in [0.717, 1.165) is 189 Å². The molecular weight excluding hydrogens is 1470 g/mol. The maximum Gasteiger partial charge on any atom is 0.319 e. The second-order valence-corrected chi connectivity index (χ2v) is 30.9. The zero-order valence-electron chi connectivity index (χ0n) is 68.5. The van der Waals surface area contributed by atoms with Gasteiger partial charge in [0.25, 0.3) is 0 Å². The first kappa shape index (κ1) is 73.0. The molecule has 5 aromatic carbocycles. The SMILES string of the molecule is Cc1ccc2c(n1)oc1c3cc(C)c(-n4ccc[n+]4C)cc3oc21.Cc1ccc2c(n1)oc1c3cc(C)c(N4C=CN(C)[C@@H]4C)cc3oc21.Cc1ccc2c(n1)oc1c3ccc(C)c(N4C=CN(C)[C@@H]4C)c3oc21.Cc1ccc2c(oc3nc(C)n(C)c32)c1-c1cccc[n+]1C.Cc1nc2c(o1)oc1c(-c3cccc[n+]3C)c(C)ccc12. The quantitative estimate of drug-likeness (QED) is 0.146. The molecule has 2 aliphatic rings. The number of oxazole rings is 1. The highest BCUT2D eigenvalue weighted by Crippen LogP contribution is 2.46. The van der Waals surface area contributed by atoms with Gasteiger partial charge in [-0.25, -0.2) is 29.1 Å². The normalized spacial score (nSPS) is 14.3. The van der Waals surface area contributed by atoms with Gasteiger partial charge in [-0.3, -0.25) is 0 Å². The molecule has 0 spiro atoms. The van der Waals surface area contributed by atoms with Gasteiger partial charge in [0.2, 0.25) is 34.2 Å². The Bertz CT molecular complexity index is 7660. The fraction of sp³-hybridized carbons (Fsp3) is 0.213. The van der Waals surface area contributed by atoms with Crippen molar-refractivity contribution in [3.8, 4) is 28.2 Å². The van der Waals surface area contributed by atoms with Crippen molar-refractivity contribution in [2.45, 2.75) is 95.4 Å². The van der Waals surface area contributed by atoms with Crippen LogP contribution in [0.3, 0.4) is 0 Å². The molecule has 23 heteroatoms. The number of benzene rings is 5. The summed E-state index contributed by atoms with van der Waals surface area (Å²) < 4.78 is 64.7. The second-order valence-electron chi connectivity index (χ2n) is 30.9. The molecule has 0 amide bonds. The highest BCUT2D eigenvalue weighted by molar-refractivity contribution is 6.16. The molecule has 0 unspecified atom stereocenters. The minimum absolute atomic E-state index is 0.238. The standard InChI is InChI=1S/2C20H19N3O2.C19H16N3O2.C18H18N3O.C17H15N2O2/c1-11-5-7-14-17(16(11)23-10-9-22(4)13(23)3)24-19-15-8-6-12(2)21-20(15)25-18(14)19;1-11-9-15-17(10-16(11)23-8-7-22(4)13(23)3)24-18-14-6-5-12(2)21-20(14)25-19(15)18;1-11-9-14-16(10-15(11)22-8-4-7-21(22)3)23-17-13-6-5-12(2)20-19(13)24-18(14)17;1-11-8-9-13-16-18(19-12(2)21(16)4)22-17(13)15(11)14-7-5-6-10-20(14)3;1-10-7-8-12-15-17(20-11(2)18-15)21-16(12)14(10)13-6-4-5-9-19(13)3/h2*5-10,13H,1-4H3;4-10H,1-3H3;5-10H,1-4H3;4-9H,1-3H3/q;;3*+1/t2*13-;;;/m00.../s1. The molecule has 0 saturated heterocycles. The van der Waals surface area contributed by atoms with E-state index in [4.69, 9.17) is 39.8 Å². The van der Waals surface area contributed by atoms with Crippen molar-refractivity contribution in [3.63, 3.8) is 0 Å². The molecule has 0 N–H and O–H groups in total. The molecule has 117 heavy (non-hydrogen) atoms. The second kappa shape index (κ2) is 27.8. The lowest BCUT2D eigenvalue weighted by atomic mass is 10.0. The third-order valence-corrected chi connectivity index (χ3v) is 23.0. The third kappa shape index (κ3) is 12.1. The number of hydrogen-bond acceptors (Lipinski definition) is 18. The Morgan fingerprint density at radius 2 is 0.829 bits per heavy atom. The van der Waals surface area contributed by atoms with Gasteiger partial charge in [0, 0.05) is 123 Å². The maximum atomic E-state index is 6.33. The molecule has 16 aromatic heterocycles. The van der Waals surface area contributed by atoms with Crippen LogP contribution in [0.4, 0.5) is 11.4 Å². The van der Waals surface area contributed by atoms with Crippen LogP contribution in [0.2, 0.25) is 0 Å². The molecule has 0 radical (unpaired) electrons. The van der Waals surface area contributed by atoms with Crippen molar-refractivity contribution in [1.82, 2.24) is 44.0 Å². The minimum atomic E-state index is 0.238. The van der Waals surface area contributed by atoms with E-state index in [1.807, 2.05) is 146 Å². The summed E-state index contributed by atoms with van der Waals surface area (Å²) in [7, 11) is 12.3. The topological polar surface area (TPSA) is 217 Å². The van der Waals surface area contributed by atoms with Crippen LogP contribution >= 0.6 is 0 Å². The molecule has 18 heterocycles. The highest BCUT2D eigenvalue weighted by atomic mass is 16.5. The first-order valence-corrected chi connectivity index (χ1v) is 39.0. The number of aromatic nitrogens is 10. The van der Waals surface area contributed by atoms with Gasteiger partial charge in [-0.15, -0.1) is 9.36 Å². The zero-order chi connectivity index (χ0) is 81.0. The van der Waals surface area contributed by atoms with Crippen LogP contribution in [0.25, 0.3) is 172 Å². The van der Waals surface area contributed by atoms with Crippen molar-refractivity contribution in [2.75, 3.05) is 23.9 Å². The van der Waals surface area contributed by atoms with Gasteiger partial charge < -0.3 is 63.9 Å². The predicted molar refractivity (Wildman–Crippen MR) is 457 cm³/mol. The molecule has 0 saturated carbocycles. The van der Waals surface area contributed by atoms with E-state index in [2.05, 4.69) is 236 Å². The summed E-state index contributed by atoms with van der Waals surface area (Å²) in [5.41, 5.74) is 29.8. The van der Waals surface area contributed by atoms with Crippen LogP contribution in [0.1, 0.15) is 70.5 Å². The van der Waals surface area contributed by atoms with Gasteiger partial charge in [0.05, 0.1) is 60.7 Å². The average Bonchev–Trinajstić information content (AvgIpc) is 1.59. The number of pyridine rings is 5. The number of imidazole rings is 1. The molecule has 0 bridgehead atoms. The van der Waals surface area contributed by atoms with Gasteiger partial charge in [-0.1, -0.05) is 18.2 Å². The third-order valence-electron chi connectivity index (χ3n) is 23.0. The summed E-state index contributed by atoms with van der Waals surface area (Å²) in [6.07, 6.45) is 17.0. The summed E-state index contributed by atoms with van der Waals surface area (Å²) in [4.78, 5) is 31.2. The number of fused-ring (bicyclic) bond motifs is 21. The molecule has 21 aromatic rings. The lowest BCUT2D eigenvalue weighted by Gasteiger charge is -2.28. The fourth-order valence-corrected chi connectivity index (χ4v) is 16.4. The Morgan fingerprint density at radius 1 is 0.359 bits per heavy atom. The molecule has 2 aliphatic heterocycles. The number of aryl methyl sites for hydroxylation is 14. The summed E-state index contributed by atoms with van der Waals surface area (Å²) in [5.74, 6) is 2.08. The van der Waals surface area contributed by atoms with Crippen LogP contribution < -0.4 is 23.6 Å². The lowest BCUT2D eigenvalue weighted by Crippen LogP contribution is -2.36. The first-order chi connectivity index (χ1) is 56.4. The Hall–Kier alpha value is -14.2. The molecule has 584 valence electrons. The Morgan fingerprint density at radius 3 is 1.36 bits per heavy atom. The predicted octanol–water partition coefficient (Wildman–Crippen LogP) is 20.9. The lowest BCUT2D eigenvalue weighted by molar-refractivity contribution is -0.744. The van der Waals surface area contributed by atoms with Crippen molar-refractivity contribution in [1.29, 1.82) is 0 Å². The first-order valence-electron chi connectivity index (χ1n) is 39.0. The van der Waals surface area contributed by atoms with Crippen molar-refractivity contribution in [3.05, 3.63) is 246 Å². The van der Waals surface area contributed by atoms with E-state index in [1.165, 1.54) is 16.7 Å². The molecule has 0 fully saturated rings. The van der Waals surface area contributed by atoms with Crippen LogP contribution in [0.15, 0.2) is 229 Å². The van der Waals surface area contributed by atoms with Crippen molar-refractivity contribution in [2.24, 2.45) is 28.2 Å². The van der Waals surface area contributed by atoms with E-state index in [0.29, 0.717) is 34.5 Å². The largest absolute Gasteiger partial charge is 0.452 e. The number of rotatable bonds is 5. The van der Waals surface area contributed by atoms with Gasteiger partial charge in [-0.05, 0) is 183 Å². The van der Waals surface area contributed by atoms with Crippen LogP contribution in [-0.4, -0.2) is 70.4 Å². The smallest absolute Gasteiger partial charge is 0.319 e. The van der Waals surface area contributed by atoms with Crippen LogP contribution in [0.5, 0.6) is 0 Å². The van der Waals surface area contributed by atoms with Gasteiger partial charge >= 0.3 is 5.78 Å². The van der Waals surface area contributed by atoms with E-state index < -0.39 is 0 Å². The summed E-state index contributed by atoms with van der Waals surface area (Å²) >= 11 is 0. The van der Waals surface area contributed by atoms with Gasteiger partial charge in [-0.2, -0.15) is 4.98 Å². The molecule has 0 aliphatic carbocycles. The van der Waals surface area contributed by atoms with E-state index in [9.17, 15) is 0 Å². The molecular formula is C94H87N14O9+3. The Labute approximate surface area is 670 Å². The molecule has 23 nitrogen and oxygen atoms in total. The monoisotopic (exact) mass is 1560 g/mol. The van der Waals surface area contributed by atoms with Crippen LogP contribution in [-0.2, 0) is 28.2 Å². The Balaban J connectivity index is 0.0000000975. The maximum absolute atomic E-state index is 6.33. The van der Waals surface area contributed by atoms with Crippen molar-refractivity contribution < 1.29 is 53.6 Å². The summed E-state index contributed by atoms with van der Waals surface area (Å²) in [6, 6.07) is 47.4. The number of hydrogen-bond donors (Lipinski definition) is 0. The van der Waals surface area contributed by atoms with Gasteiger partial charge in [0.15, 0.2) is 87.3 Å². The number of furan rings is 8. The van der Waals surface area contributed by atoms with E-state index >= 15 is 0 Å². The van der Waals surface area contributed by atoms with Crippen molar-refractivity contribution >= 4 is 156 Å². The van der Waals surface area contributed by atoms with E-state index in [-0.39, 0.29) is 12.3 Å². The van der Waals surface area contributed by atoms with Crippen LogP contribution in [0, 0.1) is 69.2 Å². The average molecular weight is 1560 g/mol. The Kier molecular flexibility index (Phi) is 17.4. The number of nitrogens with zero attached hydrogens (tertiary/aromatic N) is 14. The highest BCUT2D eigenvalue weighted by Gasteiger charge is 2.31. The zero-order valence-corrected chi connectivity index (χ0v) is 68.5. The fourth-order valence-electron chi connectivity index (χ4n) is 16.4. The summed E-state index contributed by atoms with van der Waals surface area (Å²) in [6.45, 7) is 24.6. The molecule has 23 rings (SSSR count). The molecule has 2 atom stereocenters. The minimum Gasteiger partial charge on any atom is -0.452 e. The van der Waals surface area contributed by atoms with Gasteiger partial charge in [0.1, 0.15) is 54.6 Å². The summed E-state index contributed by atoms with van der Waals surface area (Å²) in [5, 5.41) is 7.83. The number of anilines is 2.